The van der Waals surface area contributed by atoms with Crippen LogP contribution in [0.3, 0.4) is 0 Å². The molecule has 4 nitrogen and oxygen atoms in total. The fourth-order valence-electron chi connectivity index (χ4n) is 1.55. The van der Waals surface area contributed by atoms with Gasteiger partial charge in [-0.15, -0.1) is 0 Å². The maximum atomic E-state index is 12.9. The van der Waals surface area contributed by atoms with Crippen LogP contribution in [-0.2, 0) is 6.42 Å². The van der Waals surface area contributed by atoms with Crippen LogP contribution in [0.5, 0.6) is 0 Å². The number of rotatable bonds is 7. The number of anilines is 2. The number of nitrogens with one attached hydrogen (secondary N) is 2. The summed E-state index contributed by atoms with van der Waals surface area (Å²) in [4.78, 5) is 7.79. The Hall–Kier alpha value is -1.60. The Morgan fingerprint density at radius 3 is 2.42 bits per heavy atom. The number of hydrogen-bond donors (Lipinski definition) is 2. The Morgan fingerprint density at radius 1 is 1.26 bits per heavy atom. The van der Waals surface area contributed by atoms with E-state index in [0.717, 1.165) is 6.42 Å². The molecule has 0 unspecified atom stereocenters. The van der Waals surface area contributed by atoms with E-state index in [-0.39, 0.29) is 5.82 Å². The molecule has 0 amide bonds. The van der Waals surface area contributed by atoms with Crippen molar-refractivity contribution in [2.24, 2.45) is 0 Å². The van der Waals surface area contributed by atoms with Crippen LogP contribution in [0, 0.1) is 0 Å². The van der Waals surface area contributed by atoms with Crippen molar-refractivity contribution < 1.29 is 17.6 Å². The first-order chi connectivity index (χ1) is 8.92. The summed E-state index contributed by atoms with van der Waals surface area (Å²) in [5.41, 5.74) is 0.609. The van der Waals surface area contributed by atoms with Gasteiger partial charge in [-0.2, -0.15) is 8.78 Å². The maximum Gasteiger partial charge on any atom is 0.324 e. The Morgan fingerprint density at radius 2 is 1.89 bits per heavy atom. The lowest BCUT2D eigenvalue weighted by molar-refractivity contribution is -0.117. The molecule has 1 aromatic rings. The molecule has 1 aromatic heterocycles. The zero-order valence-electron chi connectivity index (χ0n) is 10.7. The lowest BCUT2D eigenvalue weighted by Crippen LogP contribution is -2.35. The summed E-state index contributed by atoms with van der Waals surface area (Å²) in [6.07, 6.45) is -1.21. The molecule has 1 heterocycles. The number of halogens is 4. The fraction of sp³-hybridized carbons (Fsp3) is 0.636. The van der Waals surface area contributed by atoms with E-state index in [4.69, 9.17) is 0 Å². The van der Waals surface area contributed by atoms with E-state index in [9.17, 15) is 17.6 Å². The van der Waals surface area contributed by atoms with Gasteiger partial charge >= 0.3 is 12.3 Å². The highest BCUT2D eigenvalue weighted by Gasteiger charge is 2.40. The zero-order chi connectivity index (χ0) is 14.5. The van der Waals surface area contributed by atoms with Gasteiger partial charge in [-0.1, -0.05) is 13.3 Å². The third-order valence-corrected chi connectivity index (χ3v) is 2.49. The van der Waals surface area contributed by atoms with Gasteiger partial charge in [-0.05, 0) is 6.42 Å². The van der Waals surface area contributed by atoms with Crippen LogP contribution >= 0.6 is 0 Å². The smallest absolute Gasteiger partial charge is 0.324 e. The van der Waals surface area contributed by atoms with Gasteiger partial charge < -0.3 is 10.6 Å². The van der Waals surface area contributed by atoms with E-state index in [0.29, 0.717) is 17.8 Å². The molecule has 0 atom stereocenters. The standard InChI is InChI=1S/C11H16F4N4/c1-3-4-7-8(16-2)18-6-19-9(7)17-5-11(14,15)10(12)13/h6,10H,3-5H2,1-2H3,(H2,16,17,18,19). The normalized spacial score (nSPS) is 11.7. The van der Waals surface area contributed by atoms with Crippen molar-refractivity contribution >= 4 is 11.6 Å². The molecule has 2 N–H and O–H groups in total. The quantitative estimate of drug-likeness (QED) is 0.754. The van der Waals surface area contributed by atoms with Gasteiger partial charge in [0.25, 0.3) is 0 Å². The fourth-order valence-corrected chi connectivity index (χ4v) is 1.55. The molecule has 0 spiro atoms. The van der Waals surface area contributed by atoms with Gasteiger partial charge in [0, 0.05) is 12.6 Å². The minimum absolute atomic E-state index is 0.154. The lowest BCUT2D eigenvalue weighted by Gasteiger charge is -2.18. The second-order valence-electron chi connectivity index (χ2n) is 3.96. The van der Waals surface area contributed by atoms with Gasteiger partial charge in [0.1, 0.15) is 18.0 Å². The molecular weight excluding hydrogens is 264 g/mol. The first kappa shape index (κ1) is 15.5. The summed E-state index contributed by atoms with van der Waals surface area (Å²) in [5, 5.41) is 5.09. The Balaban J connectivity index is 2.88. The van der Waals surface area contributed by atoms with Gasteiger partial charge in [0.2, 0.25) is 0 Å². The molecule has 0 aliphatic carbocycles. The molecule has 0 saturated heterocycles. The minimum Gasteiger partial charge on any atom is -0.373 e. The second-order valence-corrected chi connectivity index (χ2v) is 3.96. The zero-order valence-corrected chi connectivity index (χ0v) is 10.7. The molecule has 1 rings (SSSR count). The average Bonchev–Trinajstić information content (AvgIpc) is 2.37. The summed E-state index contributed by atoms with van der Waals surface area (Å²) in [6.45, 7) is 0.742. The van der Waals surface area contributed by atoms with E-state index in [1.165, 1.54) is 6.33 Å². The number of nitrogens with zero attached hydrogens (tertiary/aromatic N) is 2. The number of alkyl halides is 4. The summed E-state index contributed by atoms with van der Waals surface area (Å²) >= 11 is 0. The summed E-state index contributed by atoms with van der Waals surface area (Å²) in [7, 11) is 1.64. The van der Waals surface area contributed by atoms with E-state index in [1.807, 2.05) is 6.92 Å². The minimum atomic E-state index is -4.09. The van der Waals surface area contributed by atoms with Gasteiger partial charge in [-0.3, -0.25) is 0 Å². The van der Waals surface area contributed by atoms with Gasteiger partial charge in [0.05, 0.1) is 6.54 Å². The average molecular weight is 280 g/mol. The summed E-state index contributed by atoms with van der Waals surface area (Å²) in [6, 6.07) is 0. The van der Waals surface area contributed by atoms with Crippen LogP contribution in [0.15, 0.2) is 6.33 Å². The Bertz CT molecular complexity index is 412. The van der Waals surface area contributed by atoms with Crippen LogP contribution in [0.1, 0.15) is 18.9 Å². The predicted octanol–water partition coefficient (Wildman–Crippen LogP) is 2.78. The van der Waals surface area contributed by atoms with Crippen molar-refractivity contribution in [3.8, 4) is 0 Å². The van der Waals surface area contributed by atoms with Gasteiger partial charge in [0.15, 0.2) is 0 Å². The van der Waals surface area contributed by atoms with Crippen LogP contribution < -0.4 is 10.6 Å². The number of aromatic nitrogens is 2. The van der Waals surface area contributed by atoms with Crippen molar-refractivity contribution in [3.05, 3.63) is 11.9 Å². The maximum absolute atomic E-state index is 12.9. The number of hydrogen-bond acceptors (Lipinski definition) is 4. The molecule has 0 aliphatic rings. The predicted molar refractivity (Wildman–Crippen MR) is 65.0 cm³/mol. The highest BCUT2D eigenvalue weighted by molar-refractivity contribution is 5.57. The highest BCUT2D eigenvalue weighted by atomic mass is 19.3. The molecule has 0 saturated carbocycles. The SMILES string of the molecule is CCCc1c(NC)ncnc1NCC(F)(F)C(F)F. The van der Waals surface area contributed by atoms with Crippen molar-refractivity contribution in [1.82, 2.24) is 9.97 Å². The molecule has 0 radical (unpaired) electrons. The molecular formula is C11H16F4N4. The monoisotopic (exact) mass is 280 g/mol. The van der Waals surface area contributed by atoms with Crippen molar-refractivity contribution in [3.63, 3.8) is 0 Å². The summed E-state index contributed by atoms with van der Waals surface area (Å²) < 4.78 is 49.9. The molecule has 0 aliphatic heterocycles. The molecule has 0 fully saturated rings. The molecule has 0 aromatic carbocycles. The second kappa shape index (κ2) is 6.53. The third-order valence-electron chi connectivity index (χ3n) is 2.49. The molecule has 8 heteroatoms. The first-order valence-corrected chi connectivity index (χ1v) is 5.83. The van der Waals surface area contributed by atoms with E-state index < -0.39 is 18.9 Å². The molecule has 19 heavy (non-hydrogen) atoms. The van der Waals surface area contributed by atoms with E-state index >= 15 is 0 Å². The van der Waals surface area contributed by atoms with Crippen LogP contribution in [0.2, 0.25) is 0 Å². The lowest BCUT2D eigenvalue weighted by atomic mass is 10.1. The van der Waals surface area contributed by atoms with Gasteiger partial charge in [-0.25, -0.2) is 18.7 Å². The topological polar surface area (TPSA) is 49.8 Å². The van der Waals surface area contributed by atoms with E-state index in [1.54, 1.807) is 7.05 Å². The van der Waals surface area contributed by atoms with Crippen LogP contribution in [-0.4, -0.2) is 35.9 Å². The van der Waals surface area contributed by atoms with Crippen LogP contribution in [0.4, 0.5) is 29.2 Å². The highest BCUT2D eigenvalue weighted by Crippen LogP contribution is 2.26. The Labute approximate surface area is 108 Å². The van der Waals surface area contributed by atoms with Crippen molar-refractivity contribution in [1.29, 1.82) is 0 Å². The largest absolute Gasteiger partial charge is 0.373 e. The molecule has 108 valence electrons. The first-order valence-electron chi connectivity index (χ1n) is 5.83. The summed E-state index contributed by atoms with van der Waals surface area (Å²) in [5.74, 6) is -3.44. The van der Waals surface area contributed by atoms with E-state index in [2.05, 4.69) is 20.6 Å². The third kappa shape index (κ3) is 3.93. The van der Waals surface area contributed by atoms with Crippen molar-refractivity contribution in [2.75, 3.05) is 24.2 Å². The van der Waals surface area contributed by atoms with Crippen LogP contribution in [0.25, 0.3) is 0 Å². The Kier molecular flexibility index (Phi) is 5.31. The molecule has 0 bridgehead atoms. The van der Waals surface area contributed by atoms with Crippen molar-refractivity contribution in [2.45, 2.75) is 32.1 Å².